The van der Waals surface area contributed by atoms with Crippen molar-refractivity contribution in [3.05, 3.63) is 29.3 Å². The maximum absolute atomic E-state index is 13.3. The number of hydrogen-bond acceptors (Lipinski definition) is 2. The third-order valence-corrected chi connectivity index (χ3v) is 2.71. The average molecular weight is 232 g/mol. The van der Waals surface area contributed by atoms with Crippen molar-refractivity contribution in [1.82, 2.24) is 0 Å². The molecule has 0 amide bonds. The maximum atomic E-state index is 13.3. The van der Waals surface area contributed by atoms with Gasteiger partial charge in [0, 0.05) is 11.3 Å². The standard InChI is InChI=1S/C10H10F2O2S/c1-15-7-4-2-6(3-5-8(13)14)9(11)10(7)12/h2,4H,3,5H2,1H3,(H,13,14). The molecule has 1 N–H and O–H groups in total. The summed E-state index contributed by atoms with van der Waals surface area (Å²) in [5.41, 5.74) is 0.104. The van der Waals surface area contributed by atoms with Gasteiger partial charge in [-0.15, -0.1) is 11.8 Å². The van der Waals surface area contributed by atoms with Crippen LogP contribution in [0.2, 0.25) is 0 Å². The minimum atomic E-state index is -1.02. The predicted molar refractivity (Wildman–Crippen MR) is 54.1 cm³/mol. The Balaban J connectivity index is 2.91. The van der Waals surface area contributed by atoms with Gasteiger partial charge in [-0.25, -0.2) is 8.78 Å². The fourth-order valence-corrected chi connectivity index (χ4v) is 1.64. The molecule has 1 aromatic carbocycles. The Morgan fingerprint density at radius 3 is 2.60 bits per heavy atom. The largest absolute Gasteiger partial charge is 0.481 e. The Morgan fingerprint density at radius 1 is 1.40 bits per heavy atom. The van der Waals surface area contributed by atoms with Crippen molar-refractivity contribution in [3.63, 3.8) is 0 Å². The molecule has 0 bridgehead atoms. The molecule has 0 aliphatic heterocycles. The van der Waals surface area contributed by atoms with Gasteiger partial charge in [0.1, 0.15) is 0 Å². The predicted octanol–water partition coefficient (Wildman–Crippen LogP) is 2.70. The number of thioether (sulfide) groups is 1. The summed E-state index contributed by atoms with van der Waals surface area (Å²) >= 11 is 1.11. The first kappa shape index (κ1) is 12.0. The molecule has 0 aliphatic rings. The van der Waals surface area contributed by atoms with E-state index >= 15 is 0 Å². The minimum Gasteiger partial charge on any atom is -0.481 e. The number of halogens is 2. The van der Waals surface area contributed by atoms with Gasteiger partial charge in [-0.1, -0.05) is 6.07 Å². The van der Waals surface area contributed by atoms with Gasteiger partial charge in [0.15, 0.2) is 11.6 Å². The molecule has 0 fully saturated rings. The lowest BCUT2D eigenvalue weighted by Crippen LogP contribution is -2.01. The summed E-state index contributed by atoms with van der Waals surface area (Å²) in [7, 11) is 0. The maximum Gasteiger partial charge on any atom is 0.303 e. The van der Waals surface area contributed by atoms with Crippen molar-refractivity contribution < 1.29 is 18.7 Å². The molecular weight excluding hydrogens is 222 g/mol. The molecule has 5 heteroatoms. The lowest BCUT2D eigenvalue weighted by Gasteiger charge is -2.05. The first-order valence-corrected chi connectivity index (χ1v) is 5.51. The van der Waals surface area contributed by atoms with E-state index in [9.17, 15) is 13.6 Å². The third kappa shape index (κ3) is 2.92. The Morgan fingerprint density at radius 2 is 2.07 bits per heavy atom. The Hall–Kier alpha value is -1.10. The number of aryl methyl sites for hydroxylation is 1. The van der Waals surface area contributed by atoms with Crippen LogP contribution in [-0.4, -0.2) is 17.3 Å². The van der Waals surface area contributed by atoms with Gasteiger partial charge in [0.2, 0.25) is 0 Å². The minimum absolute atomic E-state index is 0.00669. The highest BCUT2D eigenvalue weighted by molar-refractivity contribution is 7.98. The van der Waals surface area contributed by atoms with Crippen LogP contribution < -0.4 is 0 Å². The lowest BCUT2D eigenvalue weighted by atomic mass is 10.1. The topological polar surface area (TPSA) is 37.3 Å². The normalized spacial score (nSPS) is 10.3. The molecule has 0 spiro atoms. The number of rotatable bonds is 4. The van der Waals surface area contributed by atoms with Gasteiger partial charge in [-0.05, 0) is 24.3 Å². The number of hydrogen-bond donors (Lipinski definition) is 1. The summed E-state index contributed by atoms with van der Waals surface area (Å²) in [6, 6.07) is 2.88. The van der Waals surface area contributed by atoms with Gasteiger partial charge >= 0.3 is 5.97 Å². The van der Waals surface area contributed by atoms with Crippen LogP contribution in [0.1, 0.15) is 12.0 Å². The molecule has 1 aromatic rings. The highest BCUT2D eigenvalue weighted by Crippen LogP contribution is 2.24. The summed E-state index contributed by atoms with van der Waals surface area (Å²) in [5.74, 6) is -2.86. The van der Waals surface area contributed by atoms with Gasteiger partial charge < -0.3 is 5.11 Å². The van der Waals surface area contributed by atoms with E-state index < -0.39 is 17.6 Å². The Labute approximate surface area is 90.3 Å². The molecule has 82 valence electrons. The van der Waals surface area contributed by atoms with E-state index in [-0.39, 0.29) is 23.3 Å². The summed E-state index contributed by atoms with van der Waals surface area (Å²) in [6.45, 7) is 0. The van der Waals surface area contributed by atoms with E-state index in [1.54, 1.807) is 6.26 Å². The Bertz CT molecular complexity index is 380. The van der Waals surface area contributed by atoms with E-state index in [1.807, 2.05) is 0 Å². The molecule has 0 saturated carbocycles. The molecule has 0 atom stereocenters. The van der Waals surface area contributed by atoms with Crippen molar-refractivity contribution in [3.8, 4) is 0 Å². The van der Waals surface area contributed by atoms with Crippen LogP contribution in [-0.2, 0) is 11.2 Å². The van der Waals surface area contributed by atoms with Crippen molar-refractivity contribution in [2.45, 2.75) is 17.7 Å². The van der Waals surface area contributed by atoms with Gasteiger partial charge in [-0.3, -0.25) is 4.79 Å². The van der Waals surface area contributed by atoms with Crippen LogP contribution in [0.25, 0.3) is 0 Å². The molecule has 0 heterocycles. The van der Waals surface area contributed by atoms with Crippen LogP contribution in [0.4, 0.5) is 8.78 Å². The quantitative estimate of drug-likeness (QED) is 0.811. The van der Waals surface area contributed by atoms with Crippen LogP contribution >= 0.6 is 11.8 Å². The van der Waals surface area contributed by atoms with E-state index in [4.69, 9.17) is 5.11 Å². The molecule has 0 unspecified atom stereocenters. The van der Waals surface area contributed by atoms with Gasteiger partial charge in [0.25, 0.3) is 0 Å². The average Bonchev–Trinajstić information content (AvgIpc) is 2.20. The summed E-state index contributed by atoms with van der Waals surface area (Å²) < 4.78 is 26.6. The lowest BCUT2D eigenvalue weighted by molar-refractivity contribution is -0.136. The van der Waals surface area contributed by atoms with Crippen LogP contribution in [0.15, 0.2) is 17.0 Å². The monoisotopic (exact) mass is 232 g/mol. The zero-order valence-corrected chi connectivity index (χ0v) is 8.91. The smallest absolute Gasteiger partial charge is 0.303 e. The van der Waals surface area contributed by atoms with Crippen LogP contribution in [0.5, 0.6) is 0 Å². The van der Waals surface area contributed by atoms with Gasteiger partial charge in [-0.2, -0.15) is 0 Å². The highest BCUT2D eigenvalue weighted by Gasteiger charge is 2.13. The van der Waals surface area contributed by atoms with E-state index in [2.05, 4.69) is 0 Å². The number of carboxylic acid groups (broad SMARTS) is 1. The molecule has 1 rings (SSSR count). The van der Waals surface area contributed by atoms with E-state index in [0.717, 1.165) is 11.8 Å². The Kier molecular flexibility index (Phi) is 4.08. The molecule has 15 heavy (non-hydrogen) atoms. The fourth-order valence-electron chi connectivity index (χ4n) is 1.16. The zero-order chi connectivity index (χ0) is 11.4. The highest BCUT2D eigenvalue weighted by atomic mass is 32.2. The molecule has 2 nitrogen and oxygen atoms in total. The second-order valence-corrected chi connectivity index (χ2v) is 3.80. The molecule has 0 saturated heterocycles. The third-order valence-electron chi connectivity index (χ3n) is 1.95. The molecule has 0 radical (unpaired) electrons. The molecule has 0 aliphatic carbocycles. The molecular formula is C10H10F2O2S. The first-order chi connectivity index (χ1) is 7.06. The number of carbonyl (C=O) groups is 1. The summed E-state index contributed by atoms with van der Waals surface area (Å²) in [6.07, 6.45) is 1.45. The second kappa shape index (κ2) is 5.11. The van der Waals surface area contributed by atoms with Crippen molar-refractivity contribution in [1.29, 1.82) is 0 Å². The number of aliphatic carboxylic acids is 1. The van der Waals surface area contributed by atoms with E-state index in [0.29, 0.717) is 0 Å². The van der Waals surface area contributed by atoms with E-state index in [1.165, 1.54) is 12.1 Å². The number of benzene rings is 1. The molecule has 0 aromatic heterocycles. The fraction of sp³-hybridized carbons (Fsp3) is 0.300. The van der Waals surface area contributed by atoms with Gasteiger partial charge in [0.05, 0.1) is 0 Å². The first-order valence-electron chi connectivity index (χ1n) is 4.29. The SMILES string of the molecule is CSc1ccc(CCC(=O)O)c(F)c1F. The summed E-state index contributed by atoms with van der Waals surface area (Å²) in [4.78, 5) is 10.5. The van der Waals surface area contributed by atoms with Crippen LogP contribution in [0, 0.1) is 11.6 Å². The van der Waals surface area contributed by atoms with Crippen LogP contribution in [0.3, 0.4) is 0 Å². The van der Waals surface area contributed by atoms with Crippen molar-refractivity contribution in [2.24, 2.45) is 0 Å². The zero-order valence-electron chi connectivity index (χ0n) is 8.09. The second-order valence-electron chi connectivity index (χ2n) is 2.95. The van der Waals surface area contributed by atoms with Crippen molar-refractivity contribution >= 4 is 17.7 Å². The number of carboxylic acids is 1. The van der Waals surface area contributed by atoms with Crippen molar-refractivity contribution in [2.75, 3.05) is 6.26 Å². The summed E-state index contributed by atoms with van der Waals surface area (Å²) in [5, 5.41) is 8.42.